The number of likely N-dealkylation sites (tertiary alicyclic amines) is 1. The van der Waals surface area contributed by atoms with Crippen LogP contribution in [0.4, 0.5) is 4.39 Å². The molecule has 5 heteroatoms. The molecule has 154 valence electrons. The molecule has 1 N–H and O–H groups in total. The molecule has 2 aliphatic rings. The van der Waals surface area contributed by atoms with Gasteiger partial charge in [0.1, 0.15) is 11.6 Å². The van der Waals surface area contributed by atoms with Gasteiger partial charge in [0.05, 0.1) is 7.11 Å². The van der Waals surface area contributed by atoms with Crippen LogP contribution in [0.2, 0.25) is 0 Å². The number of benzene rings is 2. The van der Waals surface area contributed by atoms with Gasteiger partial charge in [-0.2, -0.15) is 0 Å². The maximum atomic E-state index is 13.8. The highest BCUT2D eigenvalue weighted by Gasteiger charge is 2.48. The number of nitrogens with one attached hydrogen (secondary N) is 1. The maximum Gasteiger partial charge on any atom is 0.245 e. The van der Waals surface area contributed by atoms with Gasteiger partial charge in [-0.15, -0.1) is 0 Å². The average Bonchev–Trinajstić information content (AvgIpc) is 3.12. The number of nitrogens with zero attached hydrogens (tertiary/aromatic N) is 1. The summed E-state index contributed by atoms with van der Waals surface area (Å²) in [6, 6.07) is 13.3. The predicted octanol–water partition coefficient (Wildman–Crippen LogP) is 4.39. The molecule has 3 aromatic rings. The van der Waals surface area contributed by atoms with E-state index < -0.39 is 0 Å². The van der Waals surface area contributed by atoms with E-state index >= 15 is 0 Å². The van der Waals surface area contributed by atoms with Crippen LogP contribution in [-0.2, 0) is 23.1 Å². The van der Waals surface area contributed by atoms with Gasteiger partial charge in [0.15, 0.2) is 0 Å². The van der Waals surface area contributed by atoms with Crippen LogP contribution in [0.1, 0.15) is 23.2 Å². The number of halogens is 1. The third-order valence-corrected chi connectivity index (χ3v) is 7.08. The molecule has 0 bridgehead atoms. The van der Waals surface area contributed by atoms with E-state index in [0.717, 1.165) is 35.9 Å². The van der Waals surface area contributed by atoms with Gasteiger partial charge in [-0.1, -0.05) is 18.7 Å². The molecule has 1 saturated heterocycles. The van der Waals surface area contributed by atoms with Crippen molar-refractivity contribution in [1.29, 1.82) is 0 Å². The normalized spacial score (nSPS) is 23.0. The molecule has 2 heterocycles. The maximum absolute atomic E-state index is 13.8. The van der Waals surface area contributed by atoms with Gasteiger partial charge < -0.3 is 14.6 Å². The summed E-state index contributed by atoms with van der Waals surface area (Å²) in [6.07, 6.45) is 3.96. The number of H-pyrrole nitrogens is 1. The number of rotatable bonds is 3. The van der Waals surface area contributed by atoms with Crippen molar-refractivity contribution < 1.29 is 13.9 Å². The van der Waals surface area contributed by atoms with Gasteiger partial charge in [0, 0.05) is 35.1 Å². The first-order valence-corrected chi connectivity index (χ1v) is 10.4. The van der Waals surface area contributed by atoms with Crippen LogP contribution in [0, 0.1) is 11.7 Å². The molecule has 1 fully saturated rings. The Hall–Kier alpha value is -3.08. The highest BCUT2D eigenvalue weighted by Crippen LogP contribution is 2.49. The van der Waals surface area contributed by atoms with Gasteiger partial charge in [0.25, 0.3) is 0 Å². The number of amides is 1. The number of carbonyl (C=O) groups is 1. The molecule has 4 nitrogen and oxygen atoms in total. The van der Waals surface area contributed by atoms with Gasteiger partial charge in [-0.05, 0) is 72.7 Å². The first-order chi connectivity index (χ1) is 14.5. The van der Waals surface area contributed by atoms with E-state index in [9.17, 15) is 9.18 Å². The van der Waals surface area contributed by atoms with Crippen LogP contribution in [0.15, 0.2) is 55.1 Å². The predicted molar refractivity (Wildman–Crippen MR) is 115 cm³/mol. The van der Waals surface area contributed by atoms with E-state index in [1.54, 1.807) is 13.2 Å². The number of aromatic amines is 1. The number of methoxy groups -OCH3 is 1. The molecule has 0 spiro atoms. The Morgan fingerprint density at radius 3 is 3.00 bits per heavy atom. The molecule has 1 amide bonds. The molecule has 0 radical (unpaired) electrons. The summed E-state index contributed by atoms with van der Waals surface area (Å²) in [4.78, 5) is 17.8. The van der Waals surface area contributed by atoms with Crippen LogP contribution in [0.25, 0.3) is 10.9 Å². The molecule has 30 heavy (non-hydrogen) atoms. The topological polar surface area (TPSA) is 45.3 Å². The summed E-state index contributed by atoms with van der Waals surface area (Å²) in [7, 11) is 1.69. The third-order valence-electron chi connectivity index (χ3n) is 7.08. The van der Waals surface area contributed by atoms with Crippen molar-refractivity contribution in [3.05, 3.63) is 77.8 Å². The zero-order valence-electron chi connectivity index (χ0n) is 17.1. The number of ether oxygens (including phenoxy) is 1. The minimum atomic E-state index is -0.233. The van der Waals surface area contributed by atoms with Crippen LogP contribution in [0.3, 0.4) is 0 Å². The second-order valence-electron chi connectivity index (χ2n) is 8.48. The van der Waals surface area contributed by atoms with Gasteiger partial charge >= 0.3 is 0 Å². The number of piperidine rings is 1. The number of hydrogen-bond acceptors (Lipinski definition) is 2. The molecule has 1 aliphatic heterocycles. The van der Waals surface area contributed by atoms with Crippen LogP contribution < -0.4 is 4.74 Å². The summed E-state index contributed by atoms with van der Waals surface area (Å²) >= 11 is 0. The molecule has 1 aromatic heterocycles. The minimum absolute atomic E-state index is 0.0129. The molecule has 2 atom stereocenters. The monoisotopic (exact) mass is 404 g/mol. The fraction of sp³-hybridized carbons (Fsp3) is 0.320. The third kappa shape index (κ3) is 2.83. The van der Waals surface area contributed by atoms with E-state index in [0.29, 0.717) is 13.1 Å². The lowest BCUT2D eigenvalue weighted by molar-refractivity contribution is -0.129. The first kappa shape index (κ1) is 18.9. The molecular formula is C25H25FN2O2. The zero-order valence-corrected chi connectivity index (χ0v) is 17.1. The zero-order chi connectivity index (χ0) is 20.9. The van der Waals surface area contributed by atoms with Crippen molar-refractivity contribution >= 4 is 16.8 Å². The summed E-state index contributed by atoms with van der Waals surface area (Å²) < 4.78 is 19.3. The van der Waals surface area contributed by atoms with Crippen molar-refractivity contribution in [3.63, 3.8) is 0 Å². The van der Waals surface area contributed by atoms with Crippen LogP contribution >= 0.6 is 0 Å². The van der Waals surface area contributed by atoms with E-state index in [2.05, 4.69) is 23.7 Å². The van der Waals surface area contributed by atoms with Gasteiger partial charge in [-0.25, -0.2) is 4.39 Å². The van der Waals surface area contributed by atoms with Crippen molar-refractivity contribution in [3.8, 4) is 5.75 Å². The Morgan fingerprint density at radius 1 is 1.33 bits per heavy atom. The van der Waals surface area contributed by atoms with Crippen molar-refractivity contribution in [2.45, 2.75) is 24.7 Å². The minimum Gasteiger partial charge on any atom is -0.497 e. The molecule has 0 saturated carbocycles. The fourth-order valence-corrected chi connectivity index (χ4v) is 5.54. The van der Waals surface area contributed by atoms with Crippen LogP contribution in [0.5, 0.6) is 5.75 Å². The lowest BCUT2D eigenvalue weighted by Gasteiger charge is -2.51. The first-order valence-electron chi connectivity index (χ1n) is 10.4. The Morgan fingerprint density at radius 2 is 2.20 bits per heavy atom. The van der Waals surface area contributed by atoms with Crippen molar-refractivity contribution in [2.75, 3.05) is 20.2 Å². The van der Waals surface area contributed by atoms with E-state index in [-0.39, 0.29) is 23.1 Å². The standard InChI is InChI=1S/C25H25FN2O2/c1-3-24(29)28-10-9-25(16-5-4-6-19(11-16)30-2)14-23-21(12-17(25)15-28)20-8-7-18(26)13-22(20)27-23/h3-8,11,13,17,27H,1,9-10,12,14-15H2,2H3. The van der Waals surface area contributed by atoms with E-state index in [1.165, 1.54) is 29.0 Å². The number of carbonyl (C=O) groups excluding carboxylic acids is 1. The average molecular weight is 404 g/mol. The SMILES string of the molecule is C=CC(=O)N1CCC2(c3cccc(OC)c3)Cc3[nH]c4cc(F)ccc4c3CC2C1. The Kier molecular flexibility index (Phi) is 4.42. The summed E-state index contributed by atoms with van der Waals surface area (Å²) in [5.74, 6) is 0.860. The fourth-order valence-electron chi connectivity index (χ4n) is 5.54. The quantitative estimate of drug-likeness (QED) is 0.658. The Bertz CT molecular complexity index is 1150. The molecule has 1 aliphatic carbocycles. The van der Waals surface area contributed by atoms with E-state index in [4.69, 9.17) is 4.74 Å². The summed E-state index contributed by atoms with van der Waals surface area (Å²) in [5.41, 5.74) is 4.42. The molecule has 5 rings (SSSR count). The second kappa shape index (κ2) is 7.01. The summed E-state index contributed by atoms with van der Waals surface area (Å²) in [5, 5.41) is 1.08. The molecule has 2 aromatic carbocycles. The lowest BCUT2D eigenvalue weighted by atomic mass is 9.58. The second-order valence-corrected chi connectivity index (χ2v) is 8.48. The summed E-state index contributed by atoms with van der Waals surface area (Å²) in [6.45, 7) is 5.05. The molecular weight excluding hydrogens is 379 g/mol. The van der Waals surface area contributed by atoms with Gasteiger partial charge in [0.2, 0.25) is 5.91 Å². The Balaban J connectivity index is 1.64. The lowest BCUT2D eigenvalue weighted by Crippen LogP contribution is -2.54. The number of fused-ring (bicyclic) bond motifs is 4. The van der Waals surface area contributed by atoms with E-state index in [1.807, 2.05) is 23.1 Å². The number of aromatic nitrogens is 1. The van der Waals surface area contributed by atoms with Crippen molar-refractivity contribution in [2.24, 2.45) is 5.92 Å². The highest BCUT2D eigenvalue weighted by molar-refractivity contribution is 5.87. The van der Waals surface area contributed by atoms with Crippen molar-refractivity contribution in [1.82, 2.24) is 9.88 Å². The molecule has 2 unspecified atom stereocenters. The Labute approximate surface area is 175 Å². The smallest absolute Gasteiger partial charge is 0.245 e. The highest BCUT2D eigenvalue weighted by atomic mass is 19.1. The largest absolute Gasteiger partial charge is 0.497 e. The van der Waals surface area contributed by atoms with Gasteiger partial charge in [-0.3, -0.25) is 4.79 Å². The van der Waals surface area contributed by atoms with Crippen LogP contribution in [-0.4, -0.2) is 36.0 Å². The number of hydrogen-bond donors (Lipinski definition) is 1.